The Morgan fingerprint density at radius 3 is 2.71 bits per heavy atom. The van der Waals surface area contributed by atoms with E-state index >= 15 is 0 Å². The van der Waals surface area contributed by atoms with Crippen LogP contribution in [0.15, 0.2) is 30.5 Å². The highest BCUT2D eigenvalue weighted by atomic mass is 16.5. The first kappa shape index (κ1) is 11.7. The summed E-state index contributed by atoms with van der Waals surface area (Å²) in [7, 11) is 1.67. The first-order valence-corrected chi connectivity index (χ1v) is 5.67. The van der Waals surface area contributed by atoms with E-state index < -0.39 is 0 Å². The zero-order valence-corrected chi connectivity index (χ0v) is 9.94. The molecular weight excluding hydrogens is 214 g/mol. The van der Waals surface area contributed by atoms with Gasteiger partial charge in [-0.05, 0) is 29.8 Å². The number of hydrogen-bond donors (Lipinski definition) is 2. The van der Waals surface area contributed by atoms with Gasteiger partial charge in [0.15, 0.2) is 0 Å². The fourth-order valence-corrected chi connectivity index (χ4v) is 1.81. The van der Waals surface area contributed by atoms with Crippen LogP contribution in [-0.4, -0.2) is 23.9 Å². The number of ether oxygens (including phenoxy) is 1. The standard InChI is InChI=1S/C13H17N3O/c1-17-12-4-2-10(3-5-12)8-11-9-15-16-13(11)6-7-14/h2-5,9H,6-8,14H2,1H3,(H,15,16). The van der Waals surface area contributed by atoms with Crippen molar-refractivity contribution in [1.29, 1.82) is 0 Å². The number of H-pyrrole nitrogens is 1. The third kappa shape index (κ3) is 2.85. The average molecular weight is 231 g/mol. The Bertz CT molecular complexity index is 462. The van der Waals surface area contributed by atoms with Gasteiger partial charge in [0, 0.05) is 18.5 Å². The molecule has 0 spiro atoms. The summed E-state index contributed by atoms with van der Waals surface area (Å²) in [5.74, 6) is 0.878. The molecule has 0 aliphatic rings. The van der Waals surface area contributed by atoms with E-state index in [0.29, 0.717) is 6.54 Å². The number of hydrogen-bond acceptors (Lipinski definition) is 3. The number of nitrogens with two attached hydrogens (primary N) is 1. The molecule has 0 aliphatic heterocycles. The van der Waals surface area contributed by atoms with Gasteiger partial charge in [0.1, 0.15) is 5.75 Å². The van der Waals surface area contributed by atoms with Gasteiger partial charge in [0.2, 0.25) is 0 Å². The molecule has 1 aromatic carbocycles. The second kappa shape index (κ2) is 5.50. The predicted octanol–water partition coefficient (Wildman–Crippen LogP) is 1.51. The van der Waals surface area contributed by atoms with E-state index in [9.17, 15) is 0 Å². The molecular formula is C13H17N3O. The van der Waals surface area contributed by atoms with Crippen molar-refractivity contribution in [2.75, 3.05) is 13.7 Å². The molecule has 0 atom stereocenters. The van der Waals surface area contributed by atoms with Crippen molar-refractivity contribution in [3.05, 3.63) is 47.3 Å². The van der Waals surface area contributed by atoms with Crippen LogP contribution < -0.4 is 10.5 Å². The van der Waals surface area contributed by atoms with Crippen LogP contribution in [0.1, 0.15) is 16.8 Å². The highest BCUT2D eigenvalue weighted by Crippen LogP contribution is 2.16. The lowest BCUT2D eigenvalue weighted by Gasteiger charge is -2.04. The molecule has 0 radical (unpaired) electrons. The van der Waals surface area contributed by atoms with Gasteiger partial charge in [-0.15, -0.1) is 0 Å². The van der Waals surface area contributed by atoms with E-state index in [4.69, 9.17) is 10.5 Å². The third-order valence-corrected chi connectivity index (χ3v) is 2.76. The molecule has 2 rings (SSSR count). The highest BCUT2D eigenvalue weighted by molar-refractivity contribution is 5.32. The van der Waals surface area contributed by atoms with E-state index in [-0.39, 0.29) is 0 Å². The SMILES string of the molecule is COc1ccc(Cc2cn[nH]c2CCN)cc1. The number of benzene rings is 1. The maximum atomic E-state index is 5.56. The predicted molar refractivity (Wildman–Crippen MR) is 67.1 cm³/mol. The minimum absolute atomic E-state index is 0.637. The lowest BCUT2D eigenvalue weighted by molar-refractivity contribution is 0.414. The number of methoxy groups -OCH3 is 1. The zero-order valence-electron chi connectivity index (χ0n) is 9.94. The van der Waals surface area contributed by atoms with Crippen molar-refractivity contribution in [3.63, 3.8) is 0 Å². The molecule has 0 fully saturated rings. The summed E-state index contributed by atoms with van der Waals surface area (Å²) in [6.07, 6.45) is 3.58. The van der Waals surface area contributed by atoms with Gasteiger partial charge in [0.05, 0.1) is 13.3 Å². The van der Waals surface area contributed by atoms with Crippen LogP contribution in [0.2, 0.25) is 0 Å². The summed E-state index contributed by atoms with van der Waals surface area (Å²) in [5, 5.41) is 7.06. The molecule has 17 heavy (non-hydrogen) atoms. The number of rotatable bonds is 5. The van der Waals surface area contributed by atoms with Crippen molar-refractivity contribution in [2.24, 2.45) is 5.73 Å². The molecule has 3 N–H and O–H groups in total. The van der Waals surface area contributed by atoms with Gasteiger partial charge < -0.3 is 10.5 Å². The quantitative estimate of drug-likeness (QED) is 0.819. The maximum Gasteiger partial charge on any atom is 0.118 e. The summed E-state index contributed by atoms with van der Waals surface area (Å²) in [4.78, 5) is 0. The normalized spacial score (nSPS) is 10.5. The van der Waals surface area contributed by atoms with Crippen molar-refractivity contribution < 1.29 is 4.74 Å². The average Bonchev–Trinajstić information content (AvgIpc) is 2.78. The van der Waals surface area contributed by atoms with E-state index in [1.165, 1.54) is 11.1 Å². The first-order chi connectivity index (χ1) is 8.33. The van der Waals surface area contributed by atoms with E-state index in [1.54, 1.807) is 7.11 Å². The molecule has 0 saturated heterocycles. The van der Waals surface area contributed by atoms with Crippen LogP contribution in [0.25, 0.3) is 0 Å². The van der Waals surface area contributed by atoms with Crippen LogP contribution in [0.4, 0.5) is 0 Å². The Morgan fingerprint density at radius 1 is 1.29 bits per heavy atom. The Morgan fingerprint density at radius 2 is 2.06 bits per heavy atom. The van der Waals surface area contributed by atoms with Gasteiger partial charge in [-0.1, -0.05) is 12.1 Å². The van der Waals surface area contributed by atoms with Crippen molar-refractivity contribution in [2.45, 2.75) is 12.8 Å². The highest BCUT2D eigenvalue weighted by Gasteiger charge is 2.05. The van der Waals surface area contributed by atoms with Gasteiger partial charge in [-0.3, -0.25) is 5.10 Å². The lowest BCUT2D eigenvalue weighted by atomic mass is 10.0. The van der Waals surface area contributed by atoms with Crippen LogP contribution >= 0.6 is 0 Å². The summed E-state index contributed by atoms with van der Waals surface area (Å²) in [5.41, 5.74) is 9.13. The fourth-order valence-electron chi connectivity index (χ4n) is 1.81. The summed E-state index contributed by atoms with van der Waals surface area (Å²) in [6, 6.07) is 8.08. The Balaban J connectivity index is 2.10. The zero-order chi connectivity index (χ0) is 12.1. The van der Waals surface area contributed by atoms with Crippen LogP contribution in [0.5, 0.6) is 5.75 Å². The van der Waals surface area contributed by atoms with E-state index in [2.05, 4.69) is 22.3 Å². The van der Waals surface area contributed by atoms with Gasteiger partial charge >= 0.3 is 0 Å². The van der Waals surface area contributed by atoms with Crippen molar-refractivity contribution in [1.82, 2.24) is 10.2 Å². The summed E-state index contributed by atoms with van der Waals surface area (Å²) < 4.78 is 5.13. The largest absolute Gasteiger partial charge is 0.497 e. The smallest absolute Gasteiger partial charge is 0.118 e. The molecule has 1 aromatic heterocycles. The molecule has 0 bridgehead atoms. The number of nitrogens with zero attached hydrogens (tertiary/aromatic N) is 1. The van der Waals surface area contributed by atoms with Gasteiger partial charge in [-0.2, -0.15) is 5.10 Å². The summed E-state index contributed by atoms with van der Waals surface area (Å²) >= 11 is 0. The number of nitrogens with one attached hydrogen (secondary N) is 1. The minimum Gasteiger partial charge on any atom is -0.497 e. The molecule has 4 nitrogen and oxygen atoms in total. The number of aromatic nitrogens is 2. The van der Waals surface area contributed by atoms with Crippen LogP contribution in [-0.2, 0) is 12.8 Å². The molecule has 1 heterocycles. The molecule has 0 amide bonds. The molecule has 2 aromatic rings. The van der Waals surface area contributed by atoms with Gasteiger partial charge in [0.25, 0.3) is 0 Å². The minimum atomic E-state index is 0.637. The van der Waals surface area contributed by atoms with Gasteiger partial charge in [-0.25, -0.2) is 0 Å². The first-order valence-electron chi connectivity index (χ1n) is 5.67. The molecule has 90 valence electrons. The monoisotopic (exact) mass is 231 g/mol. The molecule has 4 heteroatoms. The Hall–Kier alpha value is -1.81. The van der Waals surface area contributed by atoms with Crippen molar-refractivity contribution in [3.8, 4) is 5.75 Å². The third-order valence-electron chi connectivity index (χ3n) is 2.76. The molecule has 0 unspecified atom stereocenters. The fraction of sp³-hybridized carbons (Fsp3) is 0.308. The van der Waals surface area contributed by atoms with Crippen LogP contribution in [0, 0.1) is 0 Å². The maximum absolute atomic E-state index is 5.56. The second-order valence-corrected chi connectivity index (χ2v) is 3.94. The Kier molecular flexibility index (Phi) is 3.77. The second-order valence-electron chi connectivity index (χ2n) is 3.94. The lowest BCUT2D eigenvalue weighted by Crippen LogP contribution is -2.05. The molecule has 0 aliphatic carbocycles. The number of aromatic amines is 1. The topological polar surface area (TPSA) is 63.9 Å². The van der Waals surface area contributed by atoms with Crippen LogP contribution in [0.3, 0.4) is 0 Å². The van der Waals surface area contributed by atoms with E-state index in [0.717, 1.165) is 24.3 Å². The van der Waals surface area contributed by atoms with E-state index in [1.807, 2.05) is 18.3 Å². The molecule has 0 saturated carbocycles. The Labute approximate surface area is 101 Å². The van der Waals surface area contributed by atoms with Crippen molar-refractivity contribution >= 4 is 0 Å². The summed E-state index contributed by atoms with van der Waals surface area (Å²) in [6.45, 7) is 0.637.